The molecule has 3 aliphatic rings. The van der Waals surface area contributed by atoms with Gasteiger partial charge in [0.15, 0.2) is 5.78 Å². The molecule has 0 unspecified atom stereocenters. The minimum atomic E-state index is -0.632. The molecule has 0 radical (unpaired) electrons. The van der Waals surface area contributed by atoms with Crippen molar-refractivity contribution in [2.45, 2.75) is 38.5 Å². The SMILES string of the molecule is O=C1CNc2cc(C(=O)N3CCC(COc4ccc5c(c4)CCCC5)CC3)c(F)cc2OC1. The predicted molar refractivity (Wildman–Crippen MR) is 123 cm³/mol. The number of halogens is 1. The Morgan fingerprint density at radius 2 is 1.91 bits per heavy atom. The third kappa shape index (κ3) is 4.82. The average Bonchev–Trinajstić information content (AvgIpc) is 3.03. The highest BCUT2D eigenvalue weighted by Gasteiger charge is 2.27. The fourth-order valence-corrected chi connectivity index (χ4v) is 4.87. The van der Waals surface area contributed by atoms with Gasteiger partial charge in [0, 0.05) is 19.2 Å². The highest BCUT2D eigenvalue weighted by atomic mass is 19.1. The number of fused-ring (bicyclic) bond motifs is 2. The van der Waals surface area contributed by atoms with Crippen molar-refractivity contribution in [3.8, 4) is 11.5 Å². The van der Waals surface area contributed by atoms with Crippen LogP contribution in [0.3, 0.4) is 0 Å². The second-order valence-corrected chi connectivity index (χ2v) is 9.19. The molecule has 0 atom stereocenters. The van der Waals surface area contributed by atoms with E-state index in [-0.39, 0.29) is 36.2 Å². The molecule has 2 aromatic carbocycles. The molecule has 1 aliphatic carbocycles. The molecule has 0 spiro atoms. The molecule has 0 aromatic heterocycles. The zero-order valence-corrected chi connectivity index (χ0v) is 18.7. The Balaban J connectivity index is 1.17. The molecule has 5 rings (SSSR count). The molecule has 7 heteroatoms. The van der Waals surface area contributed by atoms with Gasteiger partial charge in [0.2, 0.25) is 0 Å². The normalized spacial score (nSPS) is 18.5. The van der Waals surface area contributed by atoms with Crippen LogP contribution in [0, 0.1) is 11.7 Å². The monoisotopic (exact) mass is 452 g/mol. The molecule has 6 nitrogen and oxygen atoms in total. The smallest absolute Gasteiger partial charge is 0.256 e. The van der Waals surface area contributed by atoms with Gasteiger partial charge in [-0.2, -0.15) is 0 Å². The van der Waals surface area contributed by atoms with Gasteiger partial charge < -0.3 is 19.7 Å². The molecule has 0 saturated carbocycles. The molecule has 1 fully saturated rings. The van der Waals surface area contributed by atoms with Crippen molar-refractivity contribution in [1.29, 1.82) is 0 Å². The van der Waals surface area contributed by atoms with Gasteiger partial charge in [-0.25, -0.2) is 4.39 Å². The van der Waals surface area contributed by atoms with E-state index in [0.717, 1.165) is 31.4 Å². The first-order valence-electron chi connectivity index (χ1n) is 11.8. The number of carbonyl (C=O) groups excluding carboxylic acids is 2. The van der Waals surface area contributed by atoms with Gasteiger partial charge in [-0.05, 0) is 73.8 Å². The number of likely N-dealkylation sites (tertiary alicyclic amines) is 1. The molecular formula is C26H29FN2O4. The summed E-state index contributed by atoms with van der Waals surface area (Å²) in [7, 11) is 0. The van der Waals surface area contributed by atoms with E-state index in [4.69, 9.17) is 9.47 Å². The van der Waals surface area contributed by atoms with E-state index in [1.54, 1.807) is 4.90 Å². The number of nitrogens with zero attached hydrogens (tertiary/aromatic N) is 1. The van der Waals surface area contributed by atoms with E-state index in [1.807, 2.05) is 0 Å². The minimum absolute atomic E-state index is 0.00274. The highest BCUT2D eigenvalue weighted by Crippen LogP contribution is 2.31. The lowest BCUT2D eigenvalue weighted by Crippen LogP contribution is -2.40. The van der Waals surface area contributed by atoms with E-state index in [9.17, 15) is 14.0 Å². The van der Waals surface area contributed by atoms with Crippen LogP contribution in [-0.4, -0.2) is 49.4 Å². The Hall–Kier alpha value is -3.09. The van der Waals surface area contributed by atoms with Gasteiger partial charge in [-0.1, -0.05) is 6.07 Å². The van der Waals surface area contributed by atoms with Crippen LogP contribution >= 0.6 is 0 Å². The van der Waals surface area contributed by atoms with Crippen LogP contribution in [0.1, 0.15) is 47.2 Å². The molecule has 1 saturated heterocycles. The van der Waals surface area contributed by atoms with Crippen molar-refractivity contribution in [3.63, 3.8) is 0 Å². The lowest BCUT2D eigenvalue weighted by molar-refractivity contribution is -0.119. The van der Waals surface area contributed by atoms with E-state index in [0.29, 0.717) is 31.3 Å². The Labute approximate surface area is 193 Å². The number of amides is 1. The zero-order valence-electron chi connectivity index (χ0n) is 18.7. The van der Waals surface area contributed by atoms with E-state index < -0.39 is 5.82 Å². The first-order chi connectivity index (χ1) is 16.1. The van der Waals surface area contributed by atoms with Crippen LogP contribution in [0.4, 0.5) is 10.1 Å². The zero-order chi connectivity index (χ0) is 22.8. The number of rotatable bonds is 4. The van der Waals surface area contributed by atoms with Crippen LogP contribution in [-0.2, 0) is 17.6 Å². The molecule has 2 aromatic rings. The van der Waals surface area contributed by atoms with Gasteiger partial charge in [0.25, 0.3) is 5.91 Å². The first kappa shape index (κ1) is 21.7. The van der Waals surface area contributed by atoms with Crippen molar-refractivity contribution >= 4 is 17.4 Å². The Kier molecular flexibility index (Phi) is 6.20. The van der Waals surface area contributed by atoms with Gasteiger partial charge in [0.1, 0.15) is 23.9 Å². The Bertz CT molecular complexity index is 1060. The maximum atomic E-state index is 14.7. The number of hydrogen-bond donors (Lipinski definition) is 1. The summed E-state index contributed by atoms with van der Waals surface area (Å²) in [5.41, 5.74) is 3.33. The Morgan fingerprint density at radius 1 is 1.12 bits per heavy atom. The molecule has 174 valence electrons. The quantitative estimate of drug-likeness (QED) is 0.759. The van der Waals surface area contributed by atoms with E-state index in [2.05, 4.69) is 23.5 Å². The summed E-state index contributed by atoms with van der Waals surface area (Å²) in [6.07, 6.45) is 6.44. The molecule has 2 aliphatic heterocycles. The summed E-state index contributed by atoms with van der Waals surface area (Å²) in [5, 5.41) is 2.93. The maximum Gasteiger partial charge on any atom is 0.256 e. The number of ketones is 1. The number of piperidine rings is 1. The predicted octanol–water partition coefficient (Wildman–Crippen LogP) is 4.01. The van der Waals surface area contributed by atoms with Crippen molar-refractivity contribution in [2.24, 2.45) is 5.92 Å². The van der Waals surface area contributed by atoms with Crippen LogP contribution in [0.25, 0.3) is 0 Å². The number of carbonyl (C=O) groups is 2. The third-order valence-electron chi connectivity index (χ3n) is 6.87. The van der Waals surface area contributed by atoms with Crippen molar-refractivity contribution in [1.82, 2.24) is 4.90 Å². The second-order valence-electron chi connectivity index (χ2n) is 9.19. The number of benzene rings is 2. The van der Waals surface area contributed by atoms with Crippen LogP contribution < -0.4 is 14.8 Å². The van der Waals surface area contributed by atoms with Crippen LogP contribution in [0.2, 0.25) is 0 Å². The second kappa shape index (κ2) is 9.41. The number of nitrogens with one attached hydrogen (secondary N) is 1. The standard InChI is InChI=1S/C26H29FN2O4/c27-23-13-25-24(28-14-20(30)16-33-25)12-22(23)26(31)29-9-7-17(8-10-29)15-32-21-6-5-18-3-1-2-4-19(18)11-21/h5-6,11-13,17,28H,1-4,7-10,14-16H2. The summed E-state index contributed by atoms with van der Waals surface area (Å²) < 4.78 is 26.1. The Morgan fingerprint density at radius 3 is 2.73 bits per heavy atom. The summed E-state index contributed by atoms with van der Waals surface area (Å²) in [5.74, 6) is 0.457. The van der Waals surface area contributed by atoms with Gasteiger partial charge in [-0.15, -0.1) is 0 Å². The summed E-state index contributed by atoms with van der Waals surface area (Å²) in [6.45, 7) is 1.75. The number of hydrogen-bond acceptors (Lipinski definition) is 5. The number of aryl methyl sites for hydroxylation is 2. The van der Waals surface area contributed by atoms with E-state index in [1.165, 1.54) is 36.1 Å². The van der Waals surface area contributed by atoms with Crippen molar-refractivity contribution in [3.05, 3.63) is 52.8 Å². The number of ether oxygens (including phenoxy) is 2. The fraction of sp³-hybridized carbons (Fsp3) is 0.462. The molecule has 1 N–H and O–H groups in total. The lowest BCUT2D eigenvalue weighted by atomic mass is 9.92. The summed E-state index contributed by atoms with van der Waals surface area (Å²) >= 11 is 0. The van der Waals surface area contributed by atoms with Crippen molar-refractivity contribution in [2.75, 3.05) is 38.2 Å². The van der Waals surface area contributed by atoms with Gasteiger partial charge in [0.05, 0.1) is 24.4 Å². The molecule has 33 heavy (non-hydrogen) atoms. The third-order valence-corrected chi connectivity index (χ3v) is 6.87. The molecule has 1 amide bonds. The van der Waals surface area contributed by atoms with Gasteiger partial charge in [-0.3, -0.25) is 9.59 Å². The van der Waals surface area contributed by atoms with E-state index >= 15 is 0 Å². The molecule has 0 bridgehead atoms. The van der Waals surface area contributed by atoms with Gasteiger partial charge >= 0.3 is 0 Å². The average molecular weight is 453 g/mol. The number of anilines is 1. The van der Waals surface area contributed by atoms with Crippen molar-refractivity contribution < 1.29 is 23.5 Å². The molecule has 2 heterocycles. The maximum absolute atomic E-state index is 14.7. The van der Waals surface area contributed by atoms with Crippen LogP contribution in [0.15, 0.2) is 30.3 Å². The fourth-order valence-electron chi connectivity index (χ4n) is 4.87. The summed E-state index contributed by atoms with van der Waals surface area (Å²) in [4.78, 5) is 26.3. The minimum Gasteiger partial charge on any atom is -0.493 e. The lowest BCUT2D eigenvalue weighted by Gasteiger charge is -2.32. The van der Waals surface area contributed by atoms with Crippen LogP contribution in [0.5, 0.6) is 11.5 Å². The highest BCUT2D eigenvalue weighted by molar-refractivity contribution is 5.96. The molecular weight excluding hydrogens is 423 g/mol. The first-order valence-corrected chi connectivity index (χ1v) is 11.8. The summed E-state index contributed by atoms with van der Waals surface area (Å²) in [6, 6.07) is 9.08. The topological polar surface area (TPSA) is 67.9 Å². The largest absolute Gasteiger partial charge is 0.493 e. The number of Topliss-reactive ketones (excluding diaryl/α,β-unsaturated/α-hetero) is 1.